The van der Waals surface area contributed by atoms with E-state index in [1.165, 1.54) is 38.5 Å². The molecule has 0 bridgehead atoms. The summed E-state index contributed by atoms with van der Waals surface area (Å²) < 4.78 is 0. The second-order valence-electron chi connectivity index (χ2n) is 6.79. The molecule has 0 aromatic rings. The molecule has 116 valence electrons. The molecule has 1 aliphatic carbocycles. The van der Waals surface area contributed by atoms with Crippen molar-refractivity contribution in [2.45, 2.75) is 51.5 Å². The molecule has 0 aromatic heterocycles. The first-order valence-electron chi connectivity index (χ1n) is 8.30. The van der Waals surface area contributed by atoms with Gasteiger partial charge in [0, 0.05) is 19.6 Å². The number of likely N-dealkylation sites (tertiary alicyclic amines) is 1. The van der Waals surface area contributed by atoms with E-state index in [1.54, 1.807) is 0 Å². The third kappa shape index (κ3) is 3.95. The molecule has 2 fully saturated rings. The van der Waals surface area contributed by atoms with Gasteiger partial charge in [-0.3, -0.25) is 9.69 Å². The second-order valence-corrected chi connectivity index (χ2v) is 6.79. The van der Waals surface area contributed by atoms with Crippen molar-refractivity contribution in [1.29, 1.82) is 0 Å². The summed E-state index contributed by atoms with van der Waals surface area (Å²) in [6, 6.07) is 0.477. The Labute approximate surface area is 123 Å². The van der Waals surface area contributed by atoms with Crippen molar-refractivity contribution in [3.05, 3.63) is 0 Å². The Hall–Kier alpha value is -0.610. The topological polar surface area (TPSA) is 49.6 Å². The Bertz CT molecular complexity index is 315. The van der Waals surface area contributed by atoms with E-state index in [1.807, 2.05) is 11.9 Å². The van der Waals surface area contributed by atoms with Crippen LogP contribution in [-0.2, 0) is 4.79 Å². The van der Waals surface area contributed by atoms with Gasteiger partial charge < -0.3 is 10.6 Å². The van der Waals surface area contributed by atoms with Gasteiger partial charge in [-0.1, -0.05) is 26.2 Å². The lowest BCUT2D eigenvalue weighted by molar-refractivity contribution is -0.134. The molecular formula is C16H31N3O. The van der Waals surface area contributed by atoms with Crippen LogP contribution >= 0.6 is 0 Å². The van der Waals surface area contributed by atoms with Gasteiger partial charge in [0.2, 0.25) is 5.91 Å². The van der Waals surface area contributed by atoms with Crippen LogP contribution in [0.4, 0.5) is 0 Å². The minimum atomic E-state index is 0.294. The number of nitrogens with two attached hydrogens (primary N) is 1. The molecule has 2 atom stereocenters. The second kappa shape index (κ2) is 7.41. The van der Waals surface area contributed by atoms with E-state index < -0.39 is 0 Å². The summed E-state index contributed by atoms with van der Waals surface area (Å²) in [5.41, 5.74) is 5.84. The maximum atomic E-state index is 12.4. The summed E-state index contributed by atoms with van der Waals surface area (Å²) in [4.78, 5) is 16.8. The highest BCUT2D eigenvalue weighted by Crippen LogP contribution is 2.24. The van der Waals surface area contributed by atoms with Crippen molar-refractivity contribution in [2.75, 3.05) is 33.2 Å². The smallest absolute Gasteiger partial charge is 0.236 e. The molecule has 0 radical (unpaired) electrons. The molecule has 2 rings (SSSR count). The predicted octanol–water partition coefficient (Wildman–Crippen LogP) is 1.69. The lowest BCUT2D eigenvalue weighted by Gasteiger charge is -2.38. The van der Waals surface area contributed by atoms with Crippen molar-refractivity contribution in [1.82, 2.24) is 9.80 Å². The maximum absolute atomic E-state index is 12.4. The number of carbonyl (C=O) groups excluding carboxylic acids is 1. The fourth-order valence-corrected chi connectivity index (χ4v) is 3.65. The summed E-state index contributed by atoms with van der Waals surface area (Å²) in [5.74, 6) is 1.54. The minimum Gasteiger partial charge on any atom is -0.342 e. The van der Waals surface area contributed by atoms with Crippen LogP contribution < -0.4 is 5.73 Å². The van der Waals surface area contributed by atoms with Gasteiger partial charge in [0.05, 0.1) is 6.54 Å². The number of hydrogen-bond donors (Lipinski definition) is 1. The molecule has 1 amide bonds. The lowest BCUT2D eigenvalue weighted by Crippen LogP contribution is -2.49. The van der Waals surface area contributed by atoms with Crippen LogP contribution in [0, 0.1) is 11.8 Å². The number of amides is 1. The SMILES string of the molecule is CC1CCN(CC(=O)N(C)C2CCCCC2)CC1CN. The van der Waals surface area contributed by atoms with E-state index >= 15 is 0 Å². The van der Waals surface area contributed by atoms with Crippen LogP contribution in [0.25, 0.3) is 0 Å². The van der Waals surface area contributed by atoms with Gasteiger partial charge >= 0.3 is 0 Å². The highest BCUT2D eigenvalue weighted by atomic mass is 16.2. The fraction of sp³-hybridized carbons (Fsp3) is 0.938. The monoisotopic (exact) mass is 281 g/mol. The zero-order valence-corrected chi connectivity index (χ0v) is 13.2. The minimum absolute atomic E-state index is 0.294. The Kier molecular flexibility index (Phi) is 5.85. The van der Waals surface area contributed by atoms with Crippen LogP contribution in [0.3, 0.4) is 0 Å². The average molecular weight is 281 g/mol. The van der Waals surface area contributed by atoms with E-state index in [0.29, 0.717) is 30.3 Å². The van der Waals surface area contributed by atoms with Crippen molar-refractivity contribution in [3.63, 3.8) is 0 Å². The summed E-state index contributed by atoms with van der Waals surface area (Å²) >= 11 is 0. The van der Waals surface area contributed by atoms with Crippen LogP contribution in [0.15, 0.2) is 0 Å². The summed E-state index contributed by atoms with van der Waals surface area (Å²) in [6.07, 6.45) is 7.43. The Balaban J connectivity index is 1.81. The molecule has 1 saturated heterocycles. The molecule has 2 aliphatic rings. The molecular weight excluding hydrogens is 250 g/mol. The van der Waals surface area contributed by atoms with Gasteiger partial charge in [-0.2, -0.15) is 0 Å². The third-order valence-corrected chi connectivity index (χ3v) is 5.38. The van der Waals surface area contributed by atoms with Crippen molar-refractivity contribution < 1.29 is 4.79 Å². The van der Waals surface area contributed by atoms with Crippen LogP contribution in [0.2, 0.25) is 0 Å². The molecule has 4 nitrogen and oxygen atoms in total. The maximum Gasteiger partial charge on any atom is 0.236 e. The molecule has 4 heteroatoms. The molecule has 1 aliphatic heterocycles. The van der Waals surface area contributed by atoms with Crippen LogP contribution in [0.1, 0.15) is 45.4 Å². The number of nitrogens with zero attached hydrogens (tertiary/aromatic N) is 2. The Morgan fingerprint density at radius 2 is 1.95 bits per heavy atom. The quantitative estimate of drug-likeness (QED) is 0.853. The van der Waals surface area contributed by atoms with Gasteiger partial charge in [-0.05, 0) is 44.2 Å². The summed E-state index contributed by atoms with van der Waals surface area (Å²) in [7, 11) is 1.99. The van der Waals surface area contributed by atoms with Crippen LogP contribution in [-0.4, -0.2) is 55.0 Å². The standard InChI is InChI=1S/C16H31N3O/c1-13-8-9-19(11-14(13)10-17)12-16(20)18(2)15-6-4-3-5-7-15/h13-15H,3-12,17H2,1-2H3. The van der Waals surface area contributed by atoms with E-state index in [4.69, 9.17) is 5.73 Å². The Morgan fingerprint density at radius 3 is 2.60 bits per heavy atom. The van der Waals surface area contributed by atoms with E-state index in [0.717, 1.165) is 19.6 Å². The molecule has 2 N–H and O–H groups in total. The molecule has 0 spiro atoms. The Morgan fingerprint density at radius 1 is 1.25 bits per heavy atom. The first kappa shape index (κ1) is 15.8. The first-order valence-corrected chi connectivity index (χ1v) is 8.30. The number of rotatable bonds is 4. The number of hydrogen-bond acceptors (Lipinski definition) is 3. The first-order chi connectivity index (χ1) is 9.61. The average Bonchev–Trinajstić information content (AvgIpc) is 2.49. The van der Waals surface area contributed by atoms with Gasteiger partial charge in [-0.15, -0.1) is 0 Å². The largest absolute Gasteiger partial charge is 0.342 e. The normalized spacial score (nSPS) is 29.4. The number of likely N-dealkylation sites (N-methyl/N-ethyl adjacent to an activating group) is 1. The van der Waals surface area contributed by atoms with E-state index in [2.05, 4.69) is 11.8 Å². The van der Waals surface area contributed by atoms with Gasteiger partial charge in [0.15, 0.2) is 0 Å². The van der Waals surface area contributed by atoms with Gasteiger partial charge in [-0.25, -0.2) is 0 Å². The van der Waals surface area contributed by atoms with Crippen molar-refractivity contribution in [2.24, 2.45) is 17.6 Å². The lowest BCUT2D eigenvalue weighted by atomic mass is 9.87. The molecule has 1 saturated carbocycles. The van der Waals surface area contributed by atoms with Crippen LogP contribution in [0.5, 0.6) is 0 Å². The van der Waals surface area contributed by atoms with Gasteiger partial charge in [0.25, 0.3) is 0 Å². The summed E-state index contributed by atoms with van der Waals surface area (Å²) in [5, 5.41) is 0. The highest BCUT2D eigenvalue weighted by Gasteiger charge is 2.28. The molecule has 0 aromatic carbocycles. The fourth-order valence-electron chi connectivity index (χ4n) is 3.65. The molecule has 20 heavy (non-hydrogen) atoms. The number of carbonyl (C=O) groups is 1. The molecule has 1 heterocycles. The highest BCUT2D eigenvalue weighted by molar-refractivity contribution is 5.78. The van der Waals surface area contributed by atoms with Crippen molar-refractivity contribution >= 4 is 5.91 Å². The van der Waals surface area contributed by atoms with Gasteiger partial charge in [0.1, 0.15) is 0 Å². The van der Waals surface area contributed by atoms with E-state index in [9.17, 15) is 4.79 Å². The number of piperidine rings is 1. The third-order valence-electron chi connectivity index (χ3n) is 5.38. The molecule has 2 unspecified atom stereocenters. The summed E-state index contributed by atoms with van der Waals surface area (Å²) in [6.45, 7) is 5.63. The predicted molar refractivity (Wildman–Crippen MR) is 82.4 cm³/mol. The zero-order valence-electron chi connectivity index (χ0n) is 13.2. The van der Waals surface area contributed by atoms with E-state index in [-0.39, 0.29) is 0 Å². The zero-order chi connectivity index (χ0) is 14.5. The van der Waals surface area contributed by atoms with Crippen molar-refractivity contribution in [3.8, 4) is 0 Å².